The summed E-state index contributed by atoms with van der Waals surface area (Å²) in [6.07, 6.45) is -0.481. The SMILES string of the molecule is C=CCO/N=C(\C)c1cc(C(=O)N[C@@H](Cc2cc(F)cc(F)c2)[C@H](O)CNCc2cccc(OC)c2)cc(S(C)(=O)=O)c1.COc1cccc(CN(C[C@@H](O)[C@H](Cc2cc(F)cc(F)c2)NC(=O)c2cc(C(C)=O)cc(S(C)(=O)=O)c2)C(=O)OC(C)(C)C)c1. The molecule has 0 radical (unpaired) electrons. The second kappa shape index (κ2) is 32.1. The van der Waals surface area contributed by atoms with E-state index in [1.54, 1.807) is 65.1 Å². The molecule has 0 saturated carbocycles. The van der Waals surface area contributed by atoms with Crippen molar-refractivity contribution >= 4 is 49.1 Å². The minimum Gasteiger partial charge on any atom is -0.497 e. The van der Waals surface area contributed by atoms with Crippen LogP contribution in [0.4, 0.5) is 22.4 Å². The number of ether oxygens (including phenoxy) is 3. The number of aliphatic hydroxyl groups excluding tert-OH is 2. The van der Waals surface area contributed by atoms with Gasteiger partial charge in [0, 0.05) is 66.5 Å². The summed E-state index contributed by atoms with van der Waals surface area (Å²) in [4.78, 5) is 58.3. The van der Waals surface area contributed by atoms with Crippen LogP contribution in [0.5, 0.6) is 11.5 Å². The standard InChI is InChI=1S/C33H38F2N2O8S.C31H35F2N3O6S/c1-20(38)23-14-24(16-28(15-23)46(6,42)43)31(40)36-29(13-22-10-25(34)17-26(35)11-22)30(39)19-37(32(41)45-33(2,3)4)18-21-8-7-9-27(12-21)44-5;1-5-9-42-36-20(2)23-14-24(16-28(15-23)43(4,39)40)31(38)35-29(13-22-10-25(32)17-26(33)11-22)30(37)19-34-18-21-7-6-8-27(12-21)41-3/h7-12,14-17,29-30,39H,13,18-19H2,1-6H3,(H,36,40);5-8,10-12,14-17,29-30,34,37H,1,9,13,18-19H2,2-4H3,(H,35,38)/b;36-20+/t2*29-,30+/m00/s1. The van der Waals surface area contributed by atoms with Gasteiger partial charge in [0.25, 0.3) is 11.8 Å². The predicted molar refractivity (Wildman–Crippen MR) is 326 cm³/mol. The van der Waals surface area contributed by atoms with Gasteiger partial charge in [-0.15, -0.1) is 0 Å². The fourth-order valence-electron chi connectivity index (χ4n) is 8.74. The van der Waals surface area contributed by atoms with E-state index in [1.165, 1.54) is 49.3 Å². The molecule has 5 N–H and O–H groups in total. The molecule has 478 valence electrons. The van der Waals surface area contributed by atoms with Gasteiger partial charge in [-0.3, -0.25) is 14.4 Å². The minimum atomic E-state index is -3.83. The van der Waals surface area contributed by atoms with Crippen LogP contribution in [-0.2, 0) is 55.2 Å². The molecule has 0 unspecified atom stereocenters. The molecule has 0 aliphatic carbocycles. The molecule has 6 aromatic rings. The highest BCUT2D eigenvalue weighted by Crippen LogP contribution is 2.23. The van der Waals surface area contributed by atoms with Crippen molar-refractivity contribution in [3.8, 4) is 11.5 Å². The lowest BCUT2D eigenvalue weighted by atomic mass is 9.99. The molecule has 89 heavy (non-hydrogen) atoms. The van der Waals surface area contributed by atoms with Crippen molar-refractivity contribution in [2.45, 2.75) is 100 Å². The van der Waals surface area contributed by atoms with E-state index in [9.17, 15) is 63.8 Å². The number of rotatable bonds is 27. The molecule has 0 saturated heterocycles. The first kappa shape index (κ1) is 71.3. The lowest BCUT2D eigenvalue weighted by molar-refractivity contribution is 0.00835. The highest BCUT2D eigenvalue weighted by atomic mass is 32.2. The normalized spacial score (nSPS) is 13.1. The van der Waals surface area contributed by atoms with Gasteiger partial charge in [-0.2, -0.15) is 0 Å². The zero-order chi connectivity index (χ0) is 66.0. The molecule has 0 spiro atoms. The number of hydrogen-bond acceptors (Lipinski definition) is 16. The molecule has 4 atom stereocenters. The zero-order valence-corrected chi connectivity index (χ0v) is 52.2. The number of hydrogen-bond donors (Lipinski definition) is 5. The molecule has 25 heteroatoms. The van der Waals surface area contributed by atoms with Crippen molar-refractivity contribution in [2.75, 3.05) is 46.4 Å². The maximum atomic E-state index is 14.1. The number of sulfone groups is 2. The Morgan fingerprint density at radius 2 is 1.08 bits per heavy atom. The van der Waals surface area contributed by atoms with Gasteiger partial charge in [0.2, 0.25) is 0 Å². The van der Waals surface area contributed by atoms with Gasteiger partial charge >= 0.3 is 6.09 Å². The Balaban J connectivity index is 0.000000325. The Labute approximate surface area is 515 Å². The number of methoxy groups -OCH3 is 2. The summed E-state index contributed by atoms with van der Waals surface area (Å²) in [6.45, 7) is 11.4. The highest BCUT2D eigenvalue weighted by molar-refractivity contribution is 7.91. The fourth-order valence-corrected chi connectivity index (χ4v) is 10.1. The molecule has 6 rings (SSSR count). The van der Waals surface area contributed by atoms with Crippen LogP contribution in [0.15, 0.2) is 149 Å². The van der Waals surface area contributed by atoms with Crippen LogP contribution >= 0.6 is 0 Å². The molecule has 19 nitrogen and oxygen atoms in total. The summed E-state index contributed by atoms with van der Waals surface area (Å²) in [5.74, 6) is -4.23. The van der Waals surface area contributed by atoms with Gasteiger partial charge < -0.3 is 50.1 Å². The number of aliphatic hydroxyl groups is 2. The first-order valence-corrected chi connectivity index (χ1v) is 31.3. The predicted octanol–water partition coefficient (Wildman–Crippen LogP) is 8.51. The first-order valence-electron chi connectivity index (χ1n) is 27.5. The second-order valence-corrected chi connectivity index (χ2v) is 25.8. The van der Waals surface area contributed by atoms with Gasteiger partial charge in [-0.25, -0.2) is 39.2 Å². The van der Waals surface area contributed by atoms with E-state index in [1.807, 2.05) is 18.2 Å². The van der Waals surface area contributed by atoms with Gasteiger partial charge in [0.15, 0.2) is 25.5 Å². The summed E-state index contributed by atoms with van der Waals surface area (Å²) >= 11 is 0. The van der Waals surface area contributed by atoms with Gasteiger partial charge in [-0.05, 0) is 155 Å². The molecule has 0 aliphatic heterocycles. The third-order valence-corrected chi connectivity index (χ3v) is 15.3. The number of halogens is 4. The van der Waals surface area contributed by atoms with Crippen LogP contribution in [0.1, 0.15) is 93.5 Å². The minimum absolute atomic E-state index is 0.0149. The number of nitrogens with zero attached hydrogens (tertiary/aromatic N) is 2. The molecule has 0 aromatic heterocycles. The van der Waals surface area contributed by atoms with E-state index in [-0.39, 0.29) is 70.1 Å². The Bertz CT molecular complexity index is 3730. The summed E-state index contributed by atoms with van der Waals surface area (Å²) < 4.78 is 122. The summed E-state index contributed by atoms with van der Waals surface area (Å²) in [5.41, 5.74) is 1.32. The molecule has 0 aliphatic rings. The number of oxime groups is 1. The Hall–Kier alpha value is -8.49. The van der Waals surface area contributed by atoms with Gasteiger partial charge in [-0.1, -0.05) is 42.1 Å². The van der Waals surface area contributed by atoms with Crippen LogP contribution in [0.25, 0.3) is 0 Å². The molecule has 0 bridgehead atoms. The van der Waals surface area contributed by atoms with Crippen LogP contribution in [0, 0.1) is 23.3 Å². The lowest BCUT2D eigenvalue weighted by Gasteiger charge is -2.32. The van der Waals surface area contributed by atoms with Crippen molar-refractivity contribution < 1.29 is 82.8 Å². The van der Waals surface area contributed by atoms with Gasteiger partial charge in [0.1, 0.15) is 47.0 Å². The first-order chi connectivity index (χ1) is 41.7. The van der Waals surface area contributed by atoms with E-state index in [4.69, 9.17) is 19.0 Å². The average Bonchev–Trinajstić information content (AvgIpc) is 2.78. The van der Waals surface area contributed by atoms with E-state index in [2.05, 4.69) is 27.7 Å². The summed E-state index contributed by atoms with van der Waals surface area (Å²) in [5, 5.41) is 35.0. The summed E-state index contributed by atoms with van der Waals surface area (Å²) in [7, 11) is -4.51. The van der Waals surface area contributed by atoms with E-state index in [0.29, 0.717) is 40.9 Å². The number of carbonyl (C=O) groups excluding carboxylic acids is 4. The van der Waals surface area contributed by atoms with Crippen LogP contribution in [0.2, 0.25) is 0 Å². The maximum Gasteiger partial charge on any atom is 0.410 e. The van der Waals surface area contributed by atoms with Crippen LogP contribution < -0.4 is 25.4 Å². The van der Waals surface area contributed by atoms with E-state index in [0.717, 1.165) is 60.5 Å². The van der Waals surface area contributed by atoms with Crippen LogP contribution in [-0.4, -0.2) is 138 Å². The molecule has 6 aromatic carbocycles. The second-order valence-electron chi connectivity index (χ2n) is 21.8. The molecule has 0 fully saturated rings. The monoisotopic (exact) mass is 1280 g/mol. The summed E-state index contributed by atoms with van der Waals surface area (Å²) in [6, 6.07) is 25.1. The fraction of sp³-hybridized carbons (Fsp3) is 0.328. The van der Waals surface area contributed by atoms with Crippen molar-refractivity contribution in [3.05, 3.63) is 202 Å². The maximum absolute atomic E-state index is 14.1. The Kier molecular flexibility index (Phi) is 25.7. The van der Waals surface area contributed by atoms with Crippen molar-refractivity contribution in [2.24, 2.45) is 5.16 Å². The van der Waals surface area contributed by atoms with E-state index >= 15 is 0 Å². The average molecular weight is 1280 g/mol. The number of nitrogens with one attached hydrogen (secondary N) is 3. The zero-order valence-electron chi connectivity index (χ0n) is 50.6. The third kappa shape index (κ3) is 23.2. The van der Waals surface area contributed by atoms with Crippen molar-refractivity contribution in [1.82, 2.24) is 20.9 Å². The number of benzene rings is 6. The lowest BCUT2D eigenvalue weighted by Crippen LogP contribution is -2.51. The number of amides is 3. The molecule has 3 amide bonds. The third-order valence-electron chi connectivity index (χ3n) is 13.1. The van der Waals surface area contributed by atoms with Crippen LogP contribution in [0.3, 0.4) is 0 Å². The number of carbonyl (C=O) groups is 4. The molecule has 0 heterocycles. The van der Waals surface area contributed by atoms with Crippen molar-refractivity contribution in [1.29, 1.82) is 0 Å². The Morgan fingerprint density at radius 1 is 0.629 bits per heavy atom. The Morgan fingerprint density at radius 3 is 1.54 bits per heavy atom. The topological polar surface area (TPSA) is 266 Å². The highest BCUT2D eigenvalue weighted by Gasteiger charge is 2.31. The molecular weight excluding hydrogens is 1200 g/mol. The number of Topliss-reactive ketones (excluding diaryl/α,β-unsaturated/α-hetero) is 1. The van der Waals surface area contributed by atoms with E-state index < -0.39 is 103 Å². The molecular formula is C64H73F4N5O14S2. The number of ketones is 1. The van der Waals surface area contributed by atoms with Crippen molar-refractivity contribution in [3.63, 3.8) is 0 Å². The largest absolute Gasteiger partial charge is 0.497 e. The van der Waals surface area contributed by atoms with Gasteiger partial charge in [0.05, 0.1) is 60.6 Å². The smallest absolute Gasteiger partial charge is 0.410 e. The quantitative estimate of drug-likeness (QED) is 0.00808.